The largest absolute Gasteiger partial charge is 0.294 e. The molecule has 0 saturated carbocycles. The van der Waals surface area contributed by atoms with Gasteiger partial charge in [-0.2, -0.15) is 0 Å². The summed E-state index contributed by atoms with van der Waals surface area (Å²) in [6, 6.07) is 55.2. The fourth-order valence-electron chi connectivity index (χ4n) is 7.20. The second-order valence-electron chi connectivity index (χ2n) is 12.1. The third-order valence-electron chi connectivity index (χ3n) is 9.37. The smallest absolute Gasteiger partial charge is 0.165 e. The first kappa shape index (κ1) is 26.6. The quantitative estimate of drug-likeness (QED) is 0.198. The molecule has 0 aliphatic carbocycles. The second kappa shape index (κ2) is 10.5. The summed E-state index contributed by atoms with van der Waals surface area (Å²) < 4.78 is 4.53. The SMILES string of the molecule is c1ccc(-c2nc3ccccc3nc2-n2c3ccccc3c3cc(-c4ccc5c(c4)c4ccccc4n5-c4ccccn4)ccc32)cc1. The number of nitrogens with zero attached hydrogens (tertiary/aromatic N) is 5. The highest BCUT2D eigenvalue weighted by atomic mass is 15.1. The maximum absolute atomic E-state index is 5.26. The van der Waals surface area contributed by atoms with Gasteiger partial charge in [-0.05, 0) is 71.8 Å². The lowest BCUT2D eigenvalue weighted by molar-refractivity contribution is 1.08. The van der Waals surface area contributed by atoms with Gasteiger partial charge in [-0.3, -0.25) is 9.13 Å². The standard InChI is InChI=1S/C43H27N5/c1-2-12-28(13-3-1)42-43(46-36-17-7-6-16-35(36)45-42)48-38-19-9-5-15-32(38)34-27-30(22-24-40(34)48)29-21-23-39-33(26-29)31-14-4-8-18-37(31)47(39)41-20-10-11-25-44-41/h1-27H. The summed E-state index contributed by atoms with van der Waals surface area (Å²) in [6.07, 6.45) is 1.85. The fraction of sp³-hybridized carbons (Fsp3) is 0. The summed E-state index contributed by atoms with van der Waals surface area (Å²) in [6.45, 7) is 0. The summed E-state index contributed by atoms with van der Waals surface area (Å²) in [5, 5.41) is 4.76. The van der Waals surface area contributed by atoms with Gasteiger partial charge in [0.05, 0.1) is 33.1 Å². The zero-order valence-electron chi connectivity index (χ0n) is 25.8. The van der Waals surface area contributed by atoms with Crippen LogP contribution in [0.15, 0.2) is 164 Å². The van der Waals surface area contributed by atoms with Crippen LogP contribution in [0.1, 0.15) is 0 Å². The minimum Gasteiger partial charge on any atom is -0.294 e. The predicted octanol–water partition coefficient (Wildman–Crippen LogP) is 10.6. The predicted molar refractivity (Wildman–Crippen MR) is 197 cm³/mol. The van der Waals surface area contributed by atoms with Crippen LogP contribution in [0.4, 0.5) is 0 Å². The zero-order chi connectivity index (χ0) is 31.6. The van der Waals surface area contributed by atoms with E-state index in [9.17, 15) is 0 Å². The van der Waals surface area contributed by atoms with Crippen molar-refractivity contribution in [3.05, 3.63) is 164 Å². The normalized spacial score (nSPS) is 11.8. The van der Waals surface area contributed by atoms with Gasteiger partial charge in [0.1, 0.15) is 11.5 Å². The Bertz CT molecular complexity index is 2830. The van der Waals surface area contributed by atoms with Crippen LogP contribution < -0.4 is 0 Å². The lowest BCUT2D eigenvalue weighted by Gasteiger charge is -2.14. The molecule has 48 heavy (non-hydrogen) atoms. The molecule has 0 spiro atoms. The molecule has 4 heterocycles. The molecule has 6 aromatic carbocycles. The average molecular weight is 614 g/mol. The summed E-state index contributed by atoms with van der Waals surface area (Å²) in [7, 11) is 0. The van der Waals surface area contributed by atoms with Gasteiger partial charge in [0.2, 0.25) is 0 Å². The summed E-state index contributed by atoms with van der Waals surface area (Å²) in [4.78, 5) is 15.1. The third-order valence-corrected chi connectivity index (χ3v) is 9.37. The Morgan fingerprint density at radius 3 is 1.58 bits per heavy atom. The highest BCUT2D eigenvalue weighted by Crippen LogP contribution is 2.39. The molecule has 5 heteroatoms. The third kappa shape index (κ3) is 4.01. The van der Waals surface area contributed by atoms with Crippen molar-refractivity contribution < 1.29 is 0 Å². The van der Waals surface area contributed by atoms with E-state index >= 15 is 0 Å². The minimum atomic E-state index is 0.822. The Kier molecular flexibility index (Phi) is 5.81. The first-order chi connectivity index (χ1) is 23.8. The van der Waals surface area contributed by atoms with E-state index in [4.69, 9.17) is 9.97 Å². The average Bonchev–Trinajstić information content (AvgIpc) is 3.67. The molecule has 0 N–H and O–H groups in total. The molecule has 0 radical (unpaired) electrons. The van der Waals surface area contributed by atoms with Gasteiger partial charge in [0, 0.05) is 33.3 Å². The Morgan fingerprint density at radius 2 is 0.917 bits per heavy atom. The first-order valence-electron chi connectivity index (χ1n) is 16.1. The van der Waals surface area contributed by atoms with Crippen molar-refractivity contribution in [3.8, 4) is 34.0 Å². The Balaban J connectivity index is 1.20. The number of benzene rings is 6. The summed E-state index contributed by atoms with van der Waals surface area (Å²) in [5.41, 5.74) is 10.4. The van der Waals surface area contributed by atoms with E-state index < -0.39 is 0 Å². The van der Waals surface area contributed by atoms with Crippen LogP contribution in [0.5, 0.6) is 0 Å². The van der Waals surface area contributed by atoms with E-state index in [2.05, 4.69) is 129 Å². The van der Waals surface area contributed by atoms with Gasteiger partial charge in [-0.25, -0.2) is 15.0 Å². The van der Waals surface area contributed by atoms with Gasteiger partial charge in [-0.15, -0.1) is 0 Å². The van der Waals surface area contributed by atoms with Gasteiger partial charge in [0.25, 0.3) is 0 Å². The molecule has 5 nitrogen and oxygen atoms in total. The van der Waals surface area contributed by atoms with E-state index in [1.54, 1.807) is 0 Å². The lowest BCUT2D eigenvalue weighted by atomic mass is 10.0. The van der Waals surface area contributed by atoms with Crippen LogP contribution in [-0.2, 0) is 0 Å². The number of hydrogen-bond acceptors (Lipinski definition) is 3. The van der Waals surface area contributed by atoms with E-state index in [0.29, 0.717) is 0 Å². The first-order valence-corrected chi connectivity index (χ1v) is 16.1. The van der Waals surface area contributed by atoms with Crippen molar-refractivity contribution in [1.82, 2.24) is 24.1 Å². The van der Waals surface area contributed by atoms with Gasteiger partial charge >= 0.3 is 0 Å². The number of pyridine rings is 1. The van der Waals surface area contributed by atoms with E-state index in [1.807, 2.05) is 48.7 Å². The monoisotopic (exact) mass is 613 g/mol. The minimum absolute atomic E-state index is 0.822. The van der Waals surface area contributed by atoms with Crippen LogP contribution in [0, 0.1) is 0 Å². The van der Waals surface area contributed by atoms with Gasteiger partial charge in [0.15, 0.2) is 5.82 Å². The summed E-state index contributed by atoms with van der Waals surface area (Å²) >= 11 is 0. The van der Waals surface area contributed by atoms with E-state index in [0.717, 1.165) is 61.6 Å². The number of rotatable bonds is 4. The second-order valence-corrected chi connectivity index (χ2v) is 12.1. The molecule has 0 saturated heterocycles. The van der Waals surface area contributed by atoms with Crippen molar-refractivity contribution >= 4 is 54.6 Å². The molecule has 10 rings (SSSR count). The Morgan fingerprint density at radius 1 is 0.375 bits per heavy atom. The van der Waals surface area contributed by atoms with Crippen LogP contribution in [0.2, 0.25) is 0 Å². The van der Waals surface area contributed by atoms with Gasteiger partial charge in [-0.1, -0.05) is 97.1 Å². The van der Waals surface area contributed by atoms with E-state index in [1.165, 1.54) is 27.1 Å². The zero-order valence-corrected chi connectivity index (χ0v) is 25.8. The van der Waals surface area contributed by atoms with Crippen LogP contribution >= 0.6 is 0 Å². The Hall–Kier alpha value is -6.59. The van der Waals surface area contributed by atoms with Crippen molar-refractivity contribution in [1.29, 1.82) is 0 Å². The molecular weight excluding hydrogens is 587 g/mol. The van der Waals surface area contributed by atoms with Crippen molar-refractivity contribution in [2.24, 2.45) is 0 Å². The maximum Gasteiger partial charge on any atom is 0.165 e. The number of fused-ring (bicyclic) bond motifs is 7. The maximum atomic E-state index is 5.26. The van der Waals surface area contributed by atoms with Crippen molar-refractivity contribution in [3.63, 3.8) is 0 Å². The van der Waals surface area contributed by atoms with Crippen LogP contribution in [0.3, 0.4) is 0 Å². The van der Waals surface area contributed by atoms with Crippen molar-refractivity contribution in [2.75, 3.05) is 0 Å². The van der Waals surface area contributed by atoms with Crippen LogP contribution in [0.25, 0.3) is 88.7 Å². The summed E-state index contributed by atoms with van der Waals surface area (Å²) in [5.74, 6) is 1.74. The Labute approximate surface area is 276 Å². The highest BCUT2D eigenvalue weighted by molar-refractivity contribution is 6.12. The van der Waals surface area contributed by atoms with Gasteiger partial charge < -0.3 is 0 Å². The van der Waals surface area contributed by atoms with Crippen LogP contribution in [-0.4, -0.2) is 24.1 Å². The lowest BCUT2D eigenvalue weighted by Crippen LogP contribution is -2.03. The van der Waals surface area contributed by atoms with E-state index in [-0.39, 0.29) is 0 Å². The molecule has 0 amide bonds. The molecule has 0 atom stereocenters. The molecule has 10 aromatic rings. The number of para-hydroxylation sites is 4. The fourth-order valence-corrected chi connectivity index (χ4v) is 7.20. The molecule has 4 aromatic heterocycles. The molecular formula is C43H27N5. The molecule has 0 unspecified atom stereocenters. The molecule has 0 aliphatic rings. The number of aromatic nitrogens is 5. The molecule has 224 valence electrons. The number of hydrogen-bond donors (Lipinski definition) is 0. The highest BCUT2D eigenvalue weighted by Gasteiger charge is 2.20. The molecule has 0 aliphatic heterocycles. The molecule has 0 fully saturated rings. The topological polar surface area (TPSA) is 48.5 Å². The van der Waals surface area contributed by atoms with Crippen molar-refractivity contribution in [2.45, 2.75) is 0 Å². The molecule has 0 bridgehead atoms.